The van der Waals surface area contributed by atoms with Crippen molar-refractivity contribution in [2.75, 3.05) is 27.2 Å². The Balaban J connectivity index is 2.77. The van der Waals surface area contributed by atoms with Crippen LogP contribution in [0, 0.1) is 0 Å². The fraction of sp³-hybridized carbons (Fsp3) is 0.467. The summed E-state index contributed by atoms with van der Waals surface area (Å²) in [5, 5.41) is 0.681. The number of halogens is 1. The van der Waals surface area contributed by atoms with Crippen molar-refractivity contribution in [1.29, 1.82) is 0 Å². The van der Waals surface area contributed by atoms with Crippen molar-refractivity contribution >= 4 is 23.9 Å². The number of benzene rings is 1. The Morgan fingerprint density at radius 1 is 1.40 bits per heavy atom. The van der Waals surface area contributed by atoms with Crippen LogP contribution in [0.15, 0.2) is 29.3 Å². The Bertz CT molecular complexity index is 444. The van der Waals surface area contributed by atoms with Crippen LogP contribution in [-0.4, -0.2) is 44.5 Å². The van der Waals surface area contributed by atoms with E-state index >= 15 is 0 Å². The molecule has 0 amide bonds. The van der Waals surface area contributed by atoms with Gasteiger partial charge < -0.3 is 9.64 Å². The zero-order valence-electron chi connectivity index (χ0n) is 12.2. The highest BCUT2D eigenvalue weighted by molar-refractivity contribution is 6.30. The lowest BCUT2D eigenvalue weighted by Gasteiger charge is -2.15. The summed E-state index contributed by atoms with van der Waals surface area (Å²) in [6.07, 6.45) is 2.06. The minimum atomic E-state index is -0.201. The molecule has 5 heteroatoms. The number of aliphatic imine (C=N–C) groups is 1. The fourth-order valence-electron chi connectivity index (χ4n) is 1.78. The van der Waals surface area contributed by atoms with Gasteiger partial charge in [-0.05, 0) is 24.6 Å². The van der Waals surface area contributed by atoms with E-state index in [-0.39, 0.29) is 11.9 Å². The molecule has 0 N–H and O–H groups in total. The Morgan fingerprint density at radius 3 is 2.60 bits per heavy atom. The number of hydrogen-bond acceptors (Lipinski definition) is 3. The molecule has 0 aliphatic carbocycles. The standard InChI is InChI=1S/C15H21ClN2O2/c1-4-20-15(19)9-13(10-17-11-18(2)3)12-5-7-14(16)8-6-12/h5-8,11,13H,4,9-10H2,1-3H3. The van der Waals surface area contributed by atoms with E-state index in [0.29, 0.717) is 24.6 Å². The van der Waals surface area contributed by atoms with E-state index in [1.807, 2.05) is 43.3 Å². The number of ether oxygens (including phenoxy) is 1. The first kappa shape index (κ1) is 16.5. The van der Waals surface area contributed by atoms with Gasteiger partial charge in [0, 0.05) is 31.6 Å². The topological polar surface area (TPSA) is 41.9 Å². The van der Waals surface area contributed by atoms with Gasteiger partial charge in [0.2, 0.25) is 0 Å². The molecular weight excluding hydrogens is 276 g/mol. The van der Waals surface area contributed by atoms with E-state index in [0.717, 1.165) is 5.56 Å². The van der Waals surface area contributed by atoms with Crippen LogP contribution in [0.2, 0.25) is 5.02 Å². The van der Waals surface area contributed by atoms with E-state index in [1.165, 1.54) is 0 Å². The summed E-state index contributed by atoms with van der Waals surface area (Å²) < 4.78 is 5.02. The molecule has 20 heavy (non-hydrogen) atoms. The van der Waals surface area contributed by atoms with Crippen molar-refractivity contribution in [1.82, 2.24) is 4.90 Å². The second kappa shape index (κ2) is 8.59. The first-order valence-electron chi connectivity index (χ1n) is 6.60. The molecule has 1 atom stereocenters. The first-order chi connectivity index (χ1) is 9.52. The van der Waals surface area contributed by atoms with E-state index in [9.17, 15) is 4.79 Å². The number of nitrogens with zero attached hydrogens (tertiary/aromatic N) is 2. The minimum Gasteiger partial charge on any atom is -0.466 e. The summed E-state index contributed by atoms with van der Waals surface area (Å²) in [4.78, 5) is 17.9. The van der Waals surface area contributed by atoms with E-state index in [4.69, 9.17) is 16.3 Å². The summed E-state index contributed by atoms with van der Waals surface area (Å²) in [6, 6.07) is 7.50. The molecule has 1 aromatic rings. The van der Waals surface area contributed by atoms with Crippen LogP contribution in [0.1, 0.15) is 24.8 Å². The predicted octanol–water partition coefficient (Wildman–Crippen LogP) is 2.97. The molecular formula is C15H21ClN2O2. The average Bonchev–Trinajstić information content (AvgIpc) is 2.38. The lowest BCUT2D eigenvalue weighted by Crippen LogP contribution is -2.14. The Labute approximate surface area is 125 Å². The smallest absolute Gasteiger partial charge is 0.306 e. The minimum absolute atomic E-state index is 0.00233. The maximum atomic E-state index is 11.7. The molecule has 1 aromatic carbocycles. The van der Waals surface area contributed by atoms with Gasteiger partial charge in [0.05, 0.1) is 19.4 Å². The molecule has 1 rings (SSSR count). The average molecular weight is 297 g/mol. The molecule has 0 heterocycles. The Hall–Kier alpha value is -1.55. The summed E-state index contributed by atoms with van der Waals surface area (Å²) >= 11 is 5.89. The number of rotatable bonds is 7. The quantitative estimate of drug-likeness (QED) is 0.441. The van der Waals surface area contributed by atoms with Crippen LogP contribution in [0.5, 0.6) is 0 Å². The van der Waals surface area contributed by atoms with E-state index in [2.05, 4.69) is 4.99 Å². The van der Waals surface area contributed by atoms with Crippen LogP contribution >= 0.6 is 11.6 Å². The number of carbonyl (C=O) groups is 1. The lowest BCUT2D eigenvalue weighted by atomic mass is 9.96. The predicted molar refractivity (Wildman–Crippen MR) is 82.5 cm³/mol. The van der Waals surface area contributed by atoms with Gasteiger partial charge in [-0.25, -0.2) is 0 Å². The van der Waals surface area contributed by atoms with Crippen LogP contribution < -0.4 is 0 Å². The summed E-state index contributed by atoms with van der Waals surface area (Å²) in [5.74, 6) is -0.199. The number of esters is 1. The van der Waals surface area contributed by atoms with Crippen LogP contribution in [0.4, 0.5) is 0 Å². The number of hydrogen-bond donors (Lipinski definition) is 0. The number of carbonyl (C=O) groups excluding carboxylic acids is 1. The second-order valence-corrected chi connectivity index (χ2v) is 5.14. The van der Waals surface area contributed by atoms with Gasteiger partial charge in [-0.3, -0.25) is 9.79 Å². The van der Waals surface area contributed by atoms with Gasteiger partial charge in [0.15, 0.2) is 0 Å². The molecule has 4 nitrogen and oxygen atoms in total. The highest BCUT2D eigenvalue weighted by atomic mass is 35.5. The van der Waals surface area contributed by atoms with Crippen molar-refractivity contribution in [3.63, 3.8) is 0 Å². The summed E-state index contributed by atoms with van der Waals surface area (Å²) in [7, 11) is 3.82. The molecule has 0 saturated heterocycles. The maximum Gasteiger partial charge on any atom is 0.306 e. The monoisotopic (exact) mass is 296 g/mol. The van der Waals surface area contributed by atoms with Gasteiger partial charge in [0.1, 0.15) is 0 Å². The van der Waals surface area contributed by atoms with Crippen molar-refractivity contribution in [2.24, 2.45) is 4.99 Å². The van der Waals surface area contributed by atoms with Crippen molar-refractivity contribution in [2.45, 2.75) is 19.3 Å². The van der Waals surface area contributed by atoms with E-state index in [1.54, 1.807) is 13.3 Å². The maximum absolute atomic E-state index is 11.7. The van der Waals surface area contributed by atoms with Gasteiger partial charge in [-0.2, -0.15) is 0 Å². The third kappa shape index (κ3) is 6.06. The van der Waals surface area contributed by atoms with Crippen LogP contribution in [-0.2, 0) is 9.53 Å². The largest absolute Gasteiger partial charge is 0.466 e. The summed E-state index contributed by atoms with van der Waals surface area (Å²) in [6.45, 7) is 2.74. The van der Waals surface area contributed by atoms with Crippen molar-refractivity contribution < 1.29 is 9.53 Å². The molecule has 0 aliphatic rings. The summed E-state index contributed by atoms with van der Waals surface area (Å²) in [5.41, 5.74) is 1.04. The third-order valence-electron chi connectivity index (χ3n) is 2.70. The van der Waals surface area contributed by atoms with Gasteiger partial charge >= 0.3 is 5.97 Å². The van der Waals surface area contributed by atoms with Gasteiger partial charge in [0.25, 0.3) is 0 Å². The van der Waals surface area contributed by atoms with Crippen molar-refractivity contribution in [3.05, 3.63) is 34.9 Å². The zero-order valence-corrected chi connectivity index (χ0v) is 12.9. The molecule has 0 aliphatic heterocycles. The Morgan fingerprint density at radius 2 is 2.05 bits per heavy atom. The molecule has 0 spiro atoms. The molecule has 0 bridgehead atoms. The third-order valence-corrected chi connectivity index (χ3v) is 2.95. The van der Waals surface area contributed by atoms with Crippen LogP contribution in [0.25, 0.3) is 0 Å². The molecule has 1 unspecified atom stereocenters. The molecule has 0 saturated carbocycles. The van der Waals surface area contributed by atoms with Crippen molar-refractivity contribution in [3.8, 4) is 0 Å². The Kier molecular flexibility index (Phi) is 7.09. The van der Waals surface area contributed by atoms with Gasteiger partial charge in [-0.1, -0.05) is 23.7 Å². The molecule has 0 radical (unpaired) electrons. The lowest BCUT2D eigenvalue weighted by molar-refractivity contribution is -0.143. The van der Waals surface area contributed by atoms with E-state index < -0.39 is 0 Å². The fourth-order valence-corrected chi connectivity index (χ4v) is 1.91. The second-order valence-electron chi connectivity index (χ2n) is 4.70. The molecule has 110 valence electrons. The highest BCUT2D eigenvalue weighted by Crippen LogP contribution is 2.22. The molecule has 0 fully saturated rings. The normalized spacial score (nSPS) is 12.4. The zero-order chi connectivity index (χ0) is 15.0. The van der Waals surface area contributed by atoms with Gasteiger partial charge in [-0.15, -0.1) is 0 Å². The van der Waals surface area contributed by atoms with Crippen LogP contribution in [0.3, 0.4) is 0 Å². The highest BCUT2D eigenvalue weighted by Gasteiger charge is 2.16. The first-order valence-corrected chi connectivity index (χ1v) is 6.98. The molecule has 0 aromatic heterocycles. The SMILES string of the molecule is CCOC(=O)CC(CN=CN(C)C)c1ccc(Cl)cc1.